The molecule has 1 aromatic rings. The fourth-order valence-electron chi connectivity index (χ4n) is 2.45. The van der Waals surface area contributed by atoms with E-state index in [-0.39, 0.29) is 6.10 Å². The fourth-order valence-corrected chi connectivity index (χ4v) is 2.45. The Bertz CT molecular complexity index is 359. The molecule has 1 aliphatic heterocycles. The maximum absolute atomic E-state index is 5.39. The zero-order chi connectivity index (χ0) is 13.0. The van der Waals surface area contributed by atoms with E-state index in [1.54, 1.807) is 7.11 Å². The molecule has 0 aliphatic carbocycles. The van der Waals surface area contributed by atoms with E-state index in [0.29, 0.717) is 11.7 Å². The molecule has 0 bridgehead atoms. The molecule has 2 unspecified atom stereocenters. The molecular formula is C13H23N3O2. The molecule has 102 valence electrons. The minimum atomic E-state index is -0.0735. The second-order valence-corrected chi connectivity index (χ2v) is 5.34. The van der Waals surface area contributed by atoms with Crippen LogP contribution in [0.3, 0.4) is 0 Å². The molecular weight excluding hydrogens is 230 g/mol. The van der Waals surface area contributed by atoms with Gasteiger partial charge in [-0.15, -0.1) is 0 Å². The first-order valence-corrected chi connectivity index (χ1v) is 6.76. The molecule has 0 radical (unpaired) electrons. The summed E-state index contributed by atoms with van der Waals surface area (Å²) in [5.41, 5.74) is 0. The summed E-state index contributed by atoms with van der Waals surface area (Å²) < 4.78 is 10.7. The largest absolute Gasteiger partial charge is 0.373 e. The highest BCUT2D eigenvalue weighted by Crippen LogP contribution is 2.23. The maximum Gasteiger partial charge on any atom is 0.226 e. The van der Waals surface area contributed by atoms with Crippen LogP contribution < -0.4 is 5.32 Å². The van der Waals surface area contributed by atoms with Crippen LogP contribution in [-0.4, -0.2) is 30.3 Å². The second-order valence-electron chi connectivity index (χ2n) is 5.34. The third-order valence-corrected chi connectivity index (χ3v) is 3.53. The summed E-state index contributed by atoms with van der Waals surface area (Å²) in [4.78, 5) is 4.44. The highest BCUT2D eigenvalue weighted by molar-refractivity contribution is 4.93. The lowest BCUT2D eigenvalue weighted by Gasteiger charge is -2.14. The van der Waals surface area contributed by atoms with Gasteiger partial charge in [0, 0.05) is 13.5 Å². The number of nitrogens with one attached hydrogen (secondary N) is 1. The minimum Gasteiger partial charge on any atom is -0.373 e. The zero-order valence-corrected chi connectivity index (χ0v) is 11.5. The number of hydrogen-bond acceptors (Lipinski definition) is 5. The second kappa shape index (κ2) is 6.29. The van der Waals surface area contributed by atoms with Crippen molar-refractivity contribution in [3.63, 3.8) is 0 Å². The summed E-state index contributed by atoms with van der Waals surface area (Å²) >= 11 is 0. The van der Waals surface area contributed by atoms with Crippen molar-refractivity contribution >= 4 is 0 Å². The van der Waals surface area contributed by atoms with Crippen LogP contribution in [-0.2, 0) is 11.2 Å². The lowest BCUT2D eigenvalue weighted by Crippen LogP contribution is -2.11. The number of hydrogen-bond donors (Lipinski definition) is 1. The van der Waals surface area contributed by atoms with E-state index >= 15 is 0 Å². The summed E-state index contributed by atoms with van der Waals surface area (Å²) in [6.07, 6.45) is 3.17. The number of methoxy groups -OCH3 is 1. The third-order valence-electron chi connectivity index (χ3n) is 3.53. The Kier molecular flexibility index (Phi) is 4.72. The Balaban J connectivity index is 1.88. The molecule has 1 N–H and O–H groups in total. The molecule has 0 spiro atoms. The molecule has 2 atom stereocenters. The molecule has 1 aromatic heterocycles. The summed E-state index contributed by atoms with van der Waals surface area (Å²) in [6, 6.07) is 0. The zero-order valence-electron chi connectivity index (χ0n) is 11.5. The SMILES string of the molecule is COC(c1noc(CCC2CCNC2)n1)C(C)C. The Hall–Kier alpha value is -0.940. The van der Waals surface area contributed by atoms with Gasteiger partial charge in [0.1, 0.15) is 6.10 Å². The molecule has 1 fully saturated rings. The molecule has 0 saturated carbocycles. The number of ether oxygens (including phenoxy) is 1. The van der Waals surface area contributed by atoms with Crippen molar-refractivity contribution in [3.8, 4) is 0 Å². The molecule has 0 aromatic carbocycles. The Morgan fingerprint density at radius 3 is 2.94 bits per heavy atom. The molecule has 1 saturated heterocycles. The van der Waals surface area contributed by atoms with Crippen LogP contribution in [0.1, 0.15) is 44.5 Å². The lowest BCUT2D eigenvalue weighted by molar-refractivity contribution is 0.0555. The first-order chi connectivity index (χ1) is 8.70. The average Bonchev–Trinajstić information content (AvgIpc) is 2.97. The molecule has 1 aliphatic rings. The normalized spacial score (nSPS) is 21.7. The van der Waals surface area contributed by atoms with Crippen molar-refractivity contribution in [3.05, 3.63) is 11.7 Å². The van der Waals surface area contributed by atoms with Gasteiger partial charge in [-0.05, 0) is 37.8 Å². The van der Waals surface area contributed by atoms with Gasteiger partial charge in [0.15, 0.2) is 0 Å². The van der Waals surface area contributed by atoms with Crippen LogP contribution in [0.4, 0.5) is 0 Å². The van der Waals surface area contributed by atoms with Gasteiger partial charge in [-0.25, -0.2) is 0 Å². The van der Waals surface area contributed by atoms with E-state index < -0.39 is 0 Å². The fraction of sp³-hybridized carbons (Fsp3) is 0.846. The van der Waals surface area contributed by atoms with Crippen LogP contribution in [0, 0.1) is 11.8 Å². The number of rotatable bonds is 6. The smallest absolute Gasteiger partial charge is 0.226 e. The first-order valence-electron chi connectivity index (χ1n) is 6.76. The summed E-state index contributed by atoms with van der Waals surface area (Å²) in [5.74, 6) is 2.51. The van der Waals surface area contributed by atoms with Gasteiger partial charge in [0.05, 0.1) is 0 Å². The van der Waals surface area contributed by atoms with Crippen LogP contribution in [0.15, 0.2) is 4.52 Å². The van der Waals surface area contributed by atoms with Crippen molar-refractivity contribution < 1.29 is 9.26 Å². The van der Waals surface area contributed by atoms with Gasteiger partial charge in [0.2, 0.25) is 11.7 Å². The van der Waals surface area contributed by atoms with Gasteiger partial charge in [0.25, 0.3) is 0 Å². The van der Waals surface area contributed by atoms with Crippen LogP contribution >= 0.6 is 0 Å². The Morgan fingerprint density at radius 1 is 1.50 bits per heavy atom. The van der Waals surface area contributed by atoms with Gasteiger partial charge in [-0.2, -0.15) is 4.98 Å². The average molecular weight is 253 g/mol. The van der Waals surface area contributed by atoms with Gasteiger partial charge in [-0.3, -0.25) is 0 Å². The summed E-state index contributed by atoms with van der Waals surface area (Å²) in [6.45, 7) is 6.44. The maximum atomic E-state index is 5.39. The van der Waals surface area contributed by atoms with Crippen molar-refractivity contribution in [2.75, 3.05) is 20.2 Å². The predicted molar refractivity (Wildman–Crippen MR) is 68.2 cm³/mol. The molecule has 2 rings (SSSR count). The van der Waals surface area contributed by atoms with Gasteiger partial charge in [-0.1, -0.05) is 19.0 Å². The molecule has 5 nitrogen and oxygen atoms in total. The van der Waals surface area contributed by atoms with E-state index in [9.17, 15) is 0 Å². The minimum absolute atomic E-state index is 0.0735. The van der Waals surface area contributed by atoms with Crippen LogP contribution in [0.2, 0.25) is 0 Å². The highest BCUT2D eigenvalue weighted by atomic mass is 16.5. The summed E-state index contributed by atoms with van der Waals surface area (Å²) in [5, 5.41) is 7.40. The monoisotopic (exact) mass is 253 g/mol. The lowest BCUT2D eigenvalue weighted by atomic mass is 10.0. The van der Waals surface area contributed by atoms with E-state index in [2.05, 4.69) is 29.3 Å². The standard InChI is InChI=1S/C13H23N3O2/c1-9(2)12(17-3)13-15-11(18-16-13)5-4-10-6-7-14-8-10/h9-10,12,14H,4-8H2,1-3H3. The van der Waals surface area contributed by atoms with Crippen molar-refractivity contribution in [2.45, 2.75) is 39.2 Å². The van der Waals surface area contributed by atoms with E-state index in [1.807, 2.05) is 0 Å². The number of aryl methyl sites for hydroxylation is 1. The quantitative estimate of drug-likeness (QED) is 0.839. The van der Waals surface area contributed by atoms with Crippen molar-refractivity contribution in [1.82, 2.24) is 15.5 Å². The van der Waals surface area contributed by atoms with E-state index in [4.69, 9.17) is 9.26 Å². The number of aromatic nitrogens is 2. The summed E-state index contributed by atoms with van der Waals surface area (Å²) in [7, 11) is 1.69. The van der Waals surface area contributed by atoms with Crippen LogP contribution in [0.5, 0.6) is 0 Å². The molecule has 18 heavy (non-hydrogen) atoms. The van der Waals surface area contributed by atoms with E-state index in [0.717, 1.165) is 37.7 Å². The molecule has 0 amide bonds. The molecule has 5 heteroatoms. The van der Waals surface area contributed by atoms with E-state index in [1.165, 1.54) is 6.42 Å². The van der Waals surface area contributed by atoms with Crippen LogP contribution in [0.25, 0.3) is 0 Å². The molecule has 2 heterocycles. The van der Waals surface area contributed by atoms with Gasteiger partial charge >= 0.3 is 0 Å². The Morgan fingerprint density at radius 2 is 2.33 bits per heavy atom. The number of nitrogens with zero attached hydrogens (tertiary/aromatic N) is 2. The topological polar surface area (TPSA) is 60.2 Å². The predicted octanol–water partition coefficient (Wildman–Crippen LogP) is 1.96. The van der Waals surface area contributed by atoms with Gasteiger partial charge < -0.3 is 14.6 Å². The highest BCUT2D eigenvalue weighted by Gasteiger charge is 2.22. The van der Waals surface area contributed by atoms with Crippen molar-refractivity contribution in [2.24, 2.45) is 11.8 Å². The van der Waals surface area contributed by atoms with Crippen molar-refractivity contribution in [1.29, 1.82) is 0 Å². The Labute approximate surface area is 108 Å². The first kappa shape index (κ1) is 13.5. The third kappa shape index (κ3) is 3.29.